The number of halogens is 1. The first-order chi connectivity index (χ1) is 10.6. The molecule has 0 aliphatic carbocycles. The van der Waals surface area contributed by atoms with Crippen LogP contribution in [0.5, 0.6) is 5.75 Å². The number of aromatic hydroxyl groups is 1. The van der Waals surface area contributed by atoms with Crippen molar-refractivity contribution in [2.75, 3.05) is 12.0 Å². The summed E-state index contributed by atoms with van der Waals surface area (Å²) in [7, 11) is 0. The zero-order chi connectivity index (χ0) is 15.9. The topological polar surface area (TPSA) is 83.8 Å². The molecule has 0 saturated carbocycles. The van der Waals surface area contributed by atoms with Crippen LogP contribution >= 0.6 is 22.9 Å². The summed E-state index contributed by atoms with van der Waals surface area (Å²) in [6.07, 6.45) is 1.70. The molecule has 8 heteroatoms. The van der Waals surface area contributed by atoms with E-state index in [-0.39, 0.29) is 23.2 Å². The van der Waals surface area contributed by atoms with E-state index in [1.807, 2.05) is 0 Å². The lowest BCUT2D eigenvalue weighted by Gasteiger charge is -1.98. The molecule has 1 heterocycles. The van der Waals surface area contributed by atoms with Gasteiger partial charge in [-0.15, -0.1) is 11.3 Å². The molecule has 1 aromatic heterocycles. The van der Waals surface area contributed by atoms with Crippen molar-refractivity contribution in [2.24, 2.45) is 5.10 Å². The van der Waals surface area contributed by atoms with E-state index in [1.54, 1.807) is 30.7 Å². The molecule has 0 bridgehead atoms. The Labute approximate surface area is 136 Å². The first kappa shape index (κ1) is 16.3. The van der Waals surface area contributed by atoms with E-state index in [0.29, 0.717) is 17.4 Å². The van der Waals surface area contributed by atoms with E-state index in [2.05, 4.69) is 15.5 Å². The average Bonchev–Trinajstić information content (AvgIpc) is 2.90. The largest absolute Gasteiger partial charge is 0.506 e. The number of ether oxygens (including phenoxy) is 1. The number of phenolic OH excluding ortho intramolecular Hbond substituents is 1. The van der Waals surface area contributed by atoms with E-state index < -0.39 is 0 Å². The number of nitrogens with one attached hydrogen (secondary N) is 1. The van der Waals surface area contributed by atoms with E-state index in [1.165, 1.54) is 17.4 Å². The number of benzene rings is 1. The molecule has 22 heavy (non-hydrogen) atoms. The van der Waals surface area contributed by atoms with Crippen LogP contribution in [0.4, 0.5) is 5.13 Å². The lowest BCUT2D eigenvalue weighted by atomic mass is 10.2. The highest BCUT2D eigenvalue weighted by molar-refractivity contribution is 7.13. The molecule has 2 aromatic rings. The minimum Gasteiger partial charge on any atom is -0.506 e. The number of hydrogen-bond donors (Lipinski definition) is 2. The quantitative estimate of drug-likeness (QED) is 0.480. The number of rotatable bonds is 6. The van der Waals surface area contributed by atoms with Crippen LogP contribution in [-0.2, 0) is 16.0 Å². The van der Waals surface area contributed by atoms with E-state index in [9.17, 15) is 9.90 Å². The van der Waals surface area contributed by atoms with Crippen LogP contribution in [0.3, 0.4) is 0 Å². The van der Waals surface area contributed by atoms with Gasteiger partial charge >= 0.3 is 5.97 Å². The normalized spacial score (nSPS) is 10.8. The summed E-state index contributed by atoms with van der Waals surface area (Å²) in [6, 6.07) is 4.76. The SMILES string of the molecule is CCOC(=O)Cc1csc(NN=Cc2ccc(O)c(Cl)c2)n1. The molecule has 0 aliphatic heterocycles. The number of carbonyl (C=O) groups excluding carboxylic acids is 1. The third-order valence-electron chi connectivity index (χ3n) is 2.53. The van der Waals surface area contributed by atoms with Gasteiger partial charge in [-0.1, -0.05) is 11.6 Å². The maximum Gasteiger partial charge on any atom is 0.311 e. The third kappa shape index (κ3) is 4.71. The van der Waals surface area contributed by atoms with E-state index in [4.69, 9.17) is 16.3 Å². The van der Waals surface area contributed by atoms with Crippen molar-refractivity contribution in [2.45, 2.75) is 13.3 Å². The Morgan fingerprint density at radius 2 is 2.41 bits per heavy atom. The minimum atomic E-state index is -0.304. The van der Waals surface area contributed by atoms with Crippen molar-refractivity contribution in [1.82, 2.24) is 4.98 Å². The van der Waals surface area contributed by atoms with Gasteiger partial charge in [0.1, 0.15) is 5.75 Å². The van der Waals surface area contributed by atoms with Crippen LogP contribution in [0, 0.1) is 0 Å². The molecule has 0 aliphatic rings. The van der Waals surface area contributed by atoms with Crippen molar-refractivity contribution < 1.29 is 14.6 Å². The summed E-state index contributed by atoms with van der Waals surface area (Å²) < 4.78 is 4.86. The Morgan fingerprint density at radius 1 is 1.59 bits per heavy atom. The number of nitrogens with zero attached hydrogens (tertiary/aromatic N) is 2. The molecular weight excluding hydrogens is 326 g/mol. The lowest BCUT2D eigenvalue weighted by molar-refractivity contribution is -0.142. The number of carbonyl (C=O) groups is 1. The monoisotopic (exact) mass is 339 g/mol. The maximum atomic E-state index is 11.3. The third-order valence-corrected chi connectivity index (χ3v) is 3.63. The fourth-order valence-corrected chi connectivity index (χ4v) is 2.41. The van der Waals surface area contributed by atoms with Gasteiger partial charge in [0.25, 0.3) is 0 Å². The average molecular weight is 340 g/mol. The van der Waals surface area contributed by atoms with Crippen LogP contribution < -0.4 is 5.43 Å². The highest BCUT2D eigenvalue weighted by Crippen LogP contribution is 2.23. The van der Waals surface area contributed by atoms with Crippen LogP contribution in [-0.4, -0.2) is 28.9 Å². The van der Waals surface area contributed by atoms with Gasteiger partial charge in [0.05, 0.1) is 30.0 Å². The highest BCUT2D eigenvalue weighted by atomic mass is 35.5. The van der Waals surface area contributed by atoms with E-state index in [0.717, 1.165) is 5.56 Å². The van der Waals surface area contributed by atoms with Crippen molar-refractivity contribution in [3.8, 4) is 5.75 Å². The summed E-state index contributed by atoms with van der Waals surface area (Å²) >= 11 is 7.14. The summed E-state index contributed by atoms with van der Waals surface area (Å²) in [4.78, 5) is 15.6. The Hall–Kier alpha value is -2.12. The van der Waals surface area contributed by atoms with Crippen LogP contribution in [0.2, 0.25) is 5.02 Å². The predicted octanol–water partition coefficient (Wildman–Crippen LogP) is 3.05. The molecule has 0 unspecified atom stereocenters. The summed E-state index contributed by atoms with van der Waals surface area (Å²) in [5.41, 5.74) is 4.14. The summed E-state index contributed by atoms with van der Waals surface area (Å²) in [5.74, 6) is -0.281. The van der Waals surface area contributed by atoms with Crippen LogP contribution in [0.25, 0.3) is 0 Å². The molecule has 1 aromatic carbocycles. The van der Waals surface area contributed by atoms with Gasteiger partial charge in [0.15, 0.2) is 0 Å². The van der Waals surface area contributed by atoms with Crippen molar-refractivity contribution in [3.05, 3.63) is 39.9 Å². The van der Waals surface area contributed by atoms with Crippen molar-refractivity contribution >= 4 is 40.3 Å². The second kappa shape index (κ2) is 7.77. The molecule has 0 saturated heterocycles. The number of anilines is 1. The maximum absolute atomic E-state index is 11.3. The van der Waals surface area contributed by atoms with Crippen molar-refractivity contribution in [3.63, 3.8) is 0 Å². The molecule has 0 radical (unpaired) electrons. The molecule has 116 valence electrons. The van der Waals surface area contributed by atoms with Gasteiger partial charge in [-0.2, -0.15) is 5.10 Å². The number of hydrogen-bond acceptors (Lipinski definition) is 7. The van der Waals surface area contributed by atoms with Gasteiger partial charge in [0, 0.05) is 5.38 Å². The lowest BCUT2D eigenvalue weighted by Crippen LogP contribution is -2.07. The molecule has 0 atom stereocenters. The van der Waals surface area contributed by atoms with E-state index >= 15 is 0 Å². The summed E-state index contributed by atoms with van der Waals surface area (Å²) in [5, 5.41) is 15.9. The van der Waals surface area contributed by atoms with Gasteiger partial charge in [-0.05, 0) is 30.7 Å². The molecular formula is C14H14ClN3O3S. The Morgan fingerprint density at radius 3 is 3.14 bits per heavy atom. The summed E-state index contributed by atoms with van der Waals surface area (Å²) in [6.45, 7) is 2.11. The molecule has 0 spiro atoms. The molecule has 2 rings (SSSR count). The first-order valence-electron chi connectivity index (χ1n) is 6.46. The van der Waals surface area contributed by atoms with Gasteiger partial charge in [-0.3, -0.25) is 10.2 Å². The molecule has 0 amide bonds. The standard InChI is InChI=1S/C14H14ClN3O3S/c1-2-21-13(20)6-10-8-22-14(17-10)18-16-7-9-3-4-12(19)11(15)5-9/h3-5,7-8,19H,2,6H2,1H3,(H,17,18). The minimum absolute atomic E-state index is 0.0234. The second-order valence-corrected chi connectivity index (χ2v) is 5.47. The highest BCUT2D eigenvalue weighted by Gasteiger charge is 2.07. The molecule has 6 nitrogen and oxygen atoms in total. The number of hydrazone groups is 1. The smallest absolute Gasteiger partial charge is 0.311 e. The van der Waals surface area contributed by atoms with Crippen LogP contribution in [0.15, 0.2) is 28.7 Å². The van der Waals surface area contributed by atoms with Crippen LogP contribution in [0.1, 0.15) is 18.2 Å². The fraction of sp³-hybridized carbons (Fsp3) is 0.214. The second-order valence-electron chi connectivity index (χ2n) is 4.21. The van der Waals surface area contributed by atoms with Gasteiger partial charge in [0.2, 0.25) is 5.13 Å². The fourth-order valence-electron chi connectivity index (χ4n) is 1.56. The molecule has 2 N–H and O–H groups in total. The number of thiazole rings is 1. The zero-order valence-corrected chi connectivity index (χ0v) is 13.3. The number of esters is 1. The number of aromatic nitrogens is 1. The van der Waals surface area contributed by atoms with Gasteiger partial charge in [-0.25, -0.2) is 4.98 Å². The predicted molar refractivity (Wildman–Crippen MR) is 86.8 cm³/mol. The first-order valence-corrected chi connectivity index (χ1v) is 7.72. The van der Waals surface area contributed by atoms with Crippen molar-refractivity contribution in [1.29, 1.82) is 0 Å². The molecule has 0 fully saturated rings. The number of phenols is 1. The zero-order valence-electron chi connectivity index (χ0n) is 11.7. The Bertz CT molecular complexity index is 688. The van der Waals surface area contributed by atoms with Gasteiger partial charge < -0.3 is 9.84 Å². The Balaban J connectivity index is 1.91. The Kier molecular flexibility index (Phi) is 5.74.